The molecule has 0 aliphatic heterocycles. The van der Waals surface area contributed by atoms with Gasteiger partial charge < -0.3 is 0 Å². The Kier molecular flexibility index (Phi) is 2.86. The van der Waals surface area contributed by atoms with Crippen molar-refractivity contribution in [2.24, 2.45) is 0 Å². The summed E-state index contributed by atoms with van der Waals surface area (Å²) < 4.78 is 0. The van der Waals surface area contributed by atoms with Gasteiger partial charge in [-0.1, -0.05) is 30.7 Å². The maximum absolute atomic E-state index is 11.2. The molecule has 1 aromatic rings. The van der Waals surface area contributed by atoms with E-state index in [2.05, 4.69) is 25.1 Å². The van der Waals surface area contributed by atoms with Crippen LogP contribution in [0.25, 0.3) is 0 Å². The largest absolute Gasteiger partial charge is 0.299 e. The van der Waals surface area contributed by atoms with Crippen molar-refractivity contribution >= 4 is 5.78 Å². The second-order valence-electron chi connectivity index (χ2n) is 3.69. The van der Waals surface area contributed by atoms with Gasteiger partial charge in [-0.25, -0.2) is 0 Å². The predicted molar refractivity (Wildman–Crippen MR) is 55.0 cm³/mol. The van der Waals surface area contributed by atoms with Crippen LogP contribution in [0.5, 0.6) is 0 Å². The lowest BCUT2D eigenvalue weighted by molar-refractivity contribution is -0.118. The molecular weight excluding hydrogens is 160 g/mol. The molecule has 70 valence electrons. The normalized spacial score (nSPS) is 12.6. The molecule has 0 saturated carbocycles. The van der Waals surface area contributed by atoms with Crippen molar-refractivity contribution in [3.63, 3.8) is 0 Å². The lowest BCUT2D eigenvalue weighted by Crippen LogP contribution is -2.06. The molecule has 13 heavy (non-hydrogen) atoms. The molecule has 0 aliphatic rings. The lowest BCUT2D eigenvalue weighted by atomic mass is 9.92. The Balaban J connectivity index is 3.12. The van der Waals surface area contributed by atoms with Crippen molar-refractivity contribution in [2.45, 2.75) is 33.6 Å². The predicted octanol–water partition coefficient (Wildman–Crippen LogP) is 3.00. The molecule has 1 rings (SSSR count). The summed E-state index contributed by atoms with van der Waals surface area (Å²) in [6.07, 6.45) is 0. The Morgan fingerprint density at radius 1 is 1.31 bits per heavy atom. The molecule has 0 fully saturated rings. The van der Waals surface area contributed by atoms with Gasteiger partial charge in [0, 0.05) is 5.92 Å². The molecule has 1 heteroatoms. The summed E-state index contributed by atoms with van der Waals surface area (Å²) in [6.45, 7) is 7.71. The van der Waals surface area contributed by atoms with Crippen LogP contribution in [0.2, 0.25) is 0 Å². The smallest absolute Gasteiger partial charge is 0.136 e. The molecule has 1 nitrogen and oxygen atoms in total. The van der Waals surface area contributed by atoms with Gasteiger partial charge in [-0.15, -0.1) is 0 Å². The summed E-state index contributed by atoms with van der Waals surface area (Å²) in [5.41, 5.74) is 3.58. The number of hydrogen-bond acceptors (Lipinski definition) is 1. The van der Waals surface area contributed by atoms with Crippen LogP contribution in [0, 0.1) is 13.8 Å². The standard InChI is InChI=1S/C12H16O/c1-8-5-6-9(2)12(7-8)10(3)11(4)13/h5-7,10H,1-4H3. The Morgan fingerprint density at radius 2 is 1.92 bits per heavy atom. The van der Waals surface area contributed by atoms with Crippen LogP contribution in [0.15, 0.2) is 18.2 Å². The van der Waals surface area contributed by atoms with Gasteiger partial charge in [-0.05, 0) is 31.9 Å². The molecule has 1 atom stereocenters. The molecule has 0 saturated heterocycles. The zero-order valence-corrected chi connectivity index (χ0v) is 8.72. The van der Waals surface area contributed by atoms with E-state index >= 15 is 0 Å². The van der Waals surface area contributed by atoms with Gasteiger partial charge in [0.1, 0.15) is 5.78 Å². The van der Waals surface area contributed by atoms with Gasteiger partial charge in [0.2, 0.25) is 0 Å². The summed E-state index contributed by atoms with van der Waals surface area (Å²) in [7, 11) is 0. The van der Waals surface area contributed by atoms with E-state index in [9.17, 15) is 4.79 Å². The van der Waals surface area contributed by atoms with Crippen LogP contribution in [0.4, 0.5) is 0 Å². The number of aryl methyl sites for hydroxylation is 2. The summed E-state index contributed by atoms with van der Waals surface area (Å²) in [5.74, 6) is 0.258. The molecule has 0 aliphatic carbocycles. The average molecular weight is 176 g/mol. The maximum atomic E-state index is 11.2. The van der Waals surface area contributed by atoms with Gasteiger partial charge in [0.25, 0.3) is 0 Å². The van der Waals surface area contributed by atoms with Crippen molar-refractivity contribution in [1.29, 1.82) is 0 Å². The minimum atomic E-state index is 0.0277. The first-order valence-electron chi connectivity index (χ1n) is 4.60. The number of carbonyl (C=O) groups is 1. The molecule has 1 aromatic carbocycles. The van der Waals surface area contributed by atoms with Crippen molar-refractivity contribution in [2.75, 3.05) is 0 Å². The second kappa shape index (κ2) is 3.73. The molecule has 0 heterocycles. The molecule has 0 bridgehead atoms. The van der Waals surface area contributed by atoms with E-state index in [1.165, 1.54) is 11.1 Å². The number of rotatable bonds is 2. The second-order valence-corrected chi connectivity index (χ2v) is 3.69. The highest BCUT2D eigenvalue weighted by Crippen LogP contribution is 2.21. The third kappa shape index (κ3) is 2.18. The topological polar surface area (TPSA) is 17.1 Å². The summed E-state index contributed by atoms with van der Waals surface area (Å²) in [6, 6.07) is 6.25. The van der Waals surface area contributed by atoms with Gasteiger partial charge in [0.05, 0.1) is 0 Å². The van der Waals surface area contributed by atoms with Crippen LogP contribution in [0.1, 0.15) is 36.5 Å². The highest BCUT2D eigenvalue weighted by atomic mass is 16.1. The minimum Gasteiger partial charge on any atom is -0.299 e. The Labute approximate surface area is 79.8 Å². The SMILES string of the molecule is CC(=O)C(C)c1cc(C)ccc1C. The Hall–Kier alpha value is -1.11. The molecule has 0 radical (unpaired) electrons. The Morgan fingerprint density at radius 3 is 2.46 bits per heavy atom. The minimum absolute atomic E-state index is 0.0277. The molecule has 0 N–H and O–H groups in total. The fourth-order valence-electron chi connectivity index (χ4n) is 1.45. The number of carbonyl (C=O) groups excluding carboxylic acids is 1. The summed E-state index contributed by atoms with van der Waals surface area (Å²) >= 11 is 0. The average Bonchev–Trinajstić information content (AvgIpc) is 2.08. The van der Waals surface area contributed by atoms with E-state index in [0.717, 1.165) is 5.56 Å². The van der Waals surface area contributed by atoms with Crippen molar-refractivity contribution in [1.82, 2.24) is 0 Å². The van der Waals surface area contributed by atoms with Gasteiger partial charge >= 0.3 is 0 Å². The van der Waals surface area contributed by atoms with Crippen LogP contribution in [-0.4, -0.2) is 5.78 Å². The van der Waals surface area contributed by atoms with Crippen molar-refractivity contribution in [3.05, 3.63) is 34.9 Å². The van der Waals surface area contributed by atoms with Crippen LogP contribution in [0.3, 0.4) is 0 Å². The van der Waals surface area contributed by atoms with Crippen LogP contribution < -0.4 is 0 Å². The van der Waals surface area contributed by atoms with Gasteiger partial charge in [-0.2, -0.15) is 0 Å². The van der Waals surface area contributed by atoms with Crippen LogP contribution >= 0.6 is 0 Å². The van der Waals surface area contributed by atoms with Crippen molar-refractivity contribution in [3.8, 4) is 0 Å². The van der Waals surface area contributed by atoms with Crippen LogP contribution in [-0.2, 0) is 4.79 Å². The van der Waals surface area contributed by atoms with E-state index in [0.29, 0.717) is 0 Å². The third-order valence-electron chi connectivity index (χ3n) is 2.51. The highest BCUT2D eigenvalue weighted by Gasteiger charge is 2.12. The van der Waals surface area contributed by atoms with Gasteiger partial charge in [-0.3, -0.25) is 4.79 Å². The number of ketones is 1. The first-order valence-corrected chi connectivity index (χ1v) is 4.60. The van der Waals surface area contributed by atoms with E-state index in [-0.39, 0.29) is 11.7 Å². The molecule has 0 spiro atoms. The summed E-state index contributed by atoms with van der Waals surface area (Å²) in [5, 5.41) is 0. The fourth-order valence-corrected chi connectivity index (χ4v) is 1.45. The van der Waals surface area contributed by atoms with E-state index in [1.807, 2.05) is 13.8 Å². The number of hydrogen-bond donors (Lipinski definition) is 0. The van der Waals surface area contributed by atoms with E-state index in [4.69, 9.17) is 0 Å². The number of Topliss-reactive ketones (excluding diaryl/α,β-unsaturated/α-hetero) is 1. The van der Waals surface area contributed by atoms with Crippen molar-refractivity contribution < 1.29 is 4.79 Å². The lowest BCUT2D eigenvalue weighted by Gasteiger charge is -2.12. The zero-order valence-electron chi connectivity index (χ0n) is 8.72. The first-order chi connectivity index (χ1) is 6.02. The number of benzene rings is 1. The molecule has 0 amide bonds. The first kappa shape index (κ1) is 9.97. The molecule has 0 aromatic heterocycles. The fraction of sp³-hybridized carbons (Fsp3) is 0.417. The summed E-state index contributed by atoms with van der Waals surface area (Å²) in [4.78, 5) is 11.2. The highest BCUT2D eigenvalue weighted by molar-refractivity contribution is 5.83. The quantitative estimate of drug-likeness (QED) is 0.677. The Bertz CT molecular complexity index is 326. The molecule has 1 unspecified atom stereocenters. The molecular formula is C12H16O. The maximum Gasteiger partial charge on any atom is 0.136 e. The monoisotopic (exact) mass is 176 g/mol. The van der Waals surface area contributed by atoms with Gasteiger partial charge in [0.15, 0.2) is 0 Å². The van der Waals surface area contributed by atoms with E-state index in [1.54, 1.807) is 6.92 Å². The van der Waals surface area contributed by atoms with E-state index < -0.39 is 0 Å². The zero-order chi connectivity index (χ0) is 10.0. The third-order valence-corrected chi connectivity index (χ3v) is 2.51.